The van der Waals surface area contributed by atoms with Crippen LogP contribution in [0.2, 0.25) is 0 Å². The number of carbonyl (C=O) groups is 1. The summed E-state index contributed by atoms with van der Waals surface area (Å²) in [6, 6.07) is 16.8. The fraction of sp³-hybridized carbons (Fsp3) is 0.227. The van der Waals surface area contributed by atoms with Crippen LogP contribution in [0.15, 0.2) is 54.7 Å². The molecule has 0 amide bonds. The molecule has 2 aromatic carbocycles. The second-order valence-corrected chi connectivity index (χ2v) is 7.06. The molecule has 0 unspecified atom stereocenters. The highest BCUT2D eigenvalue weighted by molar-refractivity contribution is 5.95. The highest BCUT2D eigenvalue weighted by Gasteiger charge is 2.26. The third-order valence-electron chi connectivity index (χ3n) is 5.14. The molecular weight excluding hydrogens is 354 g/mol. The van der Waals surface area contributed by atoms with Crippen molar-refractivity contribution in [2.24, 2.45) is 0 Å². The van der Waals surface area contributed by atoms with Gasteiger partial charge in [0.1, 0.15) is 6.61 Å². The van der Waals surface area contributed by atoms with E-state index in [0.29, 0.717) is 17.6 Å². The number of benzene rings is 2. The van der Waals surface area contributed by atoms with Gasteiger partial charge >= 0.3 is 12.0 Å². The average Bonchev–Trinajstić information content (AvgIpc) is 3.48. The molecule has 1 N–H and O–H groups in total. The SMILES string of the molecule is O=C(O)CCOc1nc2ncccc2n1-c1ccc(C2CC2)c2ccccc12. The molecule has 0 spiro atoms. The molecule has 1 fully saturated rings. The molecule has 0 atom stereocenters. The van der Waals surface area contributed by atoms with E-state index in [4.69, 9.17) is 9.84 Å². The topological polar surface area (TPSA) is 77.2 Å². The maximum absolute atomic E-state index is 10.9. The molecule has 2 aromatic heterocycles. The van der Waals surface area contributed by atoms with Crippen molar-refractivity contribution in [1.82, 2.24) is 14.5 Å². The van der Waals surface area contributed by atoms with Gasteiger partial charge < -0.3 is 9.84 Å². The van der Waals surface area contributed by atoms with Gasteiger partial charge in [-0.1, -0.05) is 30.3 Å². The van der Waals surface area contributed by atoms with E-state index in [9.17, 15) is 4.79 Å². The number of aromatic nitrogens is 3. The number of ether oxygens (including phenoxy) is 1. The van der Waals surface area contributed by atoms with E-state index in [1.165, 1.54) is 23.8 Å². The molecule has 5 rings (SSSR count). The third kappa shape index (κ3) is 2.87. The van der Waals surface area contributed by atoms with Gasteiger partial charge in [0.25, 0.3) is 0 Å². The number of pyridine rings is 1. The molecule has 0 aliphatic heterocycles. The van der Waals surface area contributed by atoms with E-state index in [1.54, 1.807) is 6.20 Å². The van der Waals surface area contributed by atoms with E-state index in [0.717, 1.165) is 16.6 Å². The minimum atomic E-state index is -0.903. The molecule has 0 radical (unpaired) electrons. The number of carboxylic acids is 1. The smallest absolute Gasteiger partial charge is 0.306 e. The van der Waals surface area contributed by atoms with Crippen LogP contribution < -0.4 is 4.74 Å². The van der Waals surface area contributed by atoms with Crippen LogP contribution in [0.25, 0.3) is 27.6 Å². The van der Waals surface area contributed by atoms with Crippen LogP contribution >= 0.6 is 0 Å². The number of fused-ring (bicyclic) bond motifs is 2. The summed E-state index contributed by atoms with van der Waals surface area (Å²) >= 11 is 0. The Bertz CT molecular complexity index is 1190. The second kappa shape index (κ2) is 6.64. The van der Waals surface area contributed by atoms with Gasteiger partial charge in [-0.3, -0.25) is 9.36 Å². The number of nitrogens with zero attached hydrogens (tertiary/aromatic N) is 3. The maximum atomic E-state index is 10.9. The van der Waals surface area contributed by atoms with Gasteiger partial charge in [-0.2, -0.15) is 4.98 Å². The summed E-state index contributed by atoms with van der Waals surface area (Å²) in [5.41, 5.74) is 3.75. The summed E-state index contributed by atoms with van der Waals surface area (Å²) in [5, 5.41) is 11.3. The lowest BCUT2D eigenvalue weighted by Gasteiger charge is -2.14. The lowest BCUT2D eigenvalue weighted by molar-refractivity contribution is -0.137. The predicted molar refractivity (Wildman–Crippen MR) is 106 cm³/mol. The van der Waals surface area contributed by atoms with Gasteiger partial charge in [0, 0.05) is 11.6 Å². The van der Waals surface area contributed by atoms with Crippen LogP contribution in [0.3, 0.4) is 0 Å². The summed E-state index contributed by atoms with van der Waals surface area (Å²) in [6.45, 7) is 0.0523. The molecule has 6 nitrogen and oxygen atoms in total. The Balaban J connectivity index is 1.70. The number of hydrogen-bond donors (Lipinski definition) is 1. The van der Waals surface area contributed by atoms with Gasteiger partial charge in [0.05, 0.1) is 17.6 Å². The van der Waals surface area contributed by atoms with Crippen molar-refractivity contribution in [3.8, 4) is 11.7 Å². The summed E-state index contributed by atoms with van der Waals surface area (Å²) in [4.78, 5) is 19.7. The van der Waals surface area contributed by atoms with Crippen molar-refractivity contribution in [3.05, 3.63) is 60.3 Å². The Labute approximate surface area is 161 Å². The van der Waals surface area contributed by atoms with Gasteiger partial charge in [-0.05, 0) is 47.9 Å². The predicted octanol–water partition coefficient (Wildman–Crippen LogP) is 4.30. The lowest BCUT2D eigenvalue weighted by Crippen LogP contribution is -2.08. The molecule has 0 bridgehead atoms. The zero-order valence-electron chi connectivity index (χ0n) is 15.2. The fourth-order valence-corrected chi connectivity index (χ4v) is 3.70. The van der Waals surface area contributed by atoms with Crippen molar-refractivity contribution in [2.45, 2.75) is 25.2 Å². The fourth-order valence-electron chi connectivity index (χ4n) is 3.70. The molecule has 1 aliphatic rings. The number of aliphatic carboxylic acids is 1. The maximum Gasteiger partial charge on any atom is 0.306 e. The van der Waals surface area contributed by atoms with Gasteiger partial charge in [-0.25, -0.2) is 4.98 Å². The minimum absolute atomic E-state index is 0.0523. The van der Waals surface area contributed by atoms with Crippen LogP contribution in [0, 0.1) is 0 Å². The summed E-state index contributed by atoms with van der Waals surface area (Å²) in [6.07, 6.45) is 4.09. The number of rotatable bonds is 6. The Kier molecular flexibility index (Phi) is 3.97. The van der Waals surface area contributed by atoms with Gasteiger partial charge in [0.15, 0.2) is 5.65 Å². The number of hydrogen-bond acceptors (Lipinski definition) is 4. The Morgan fingerprint density at radius 1 is 1.11 bits per heavy atom. The highest BCUT2D eigenvalue weighted by Crippen LogP contribution is 2.44. The van der Waals surface area contributed by atoms with Crippen LogP contribution in [0.1, 0.15) is 30.7 Å². The molecule has 140 valence electrons. The third-order valence-corrected chi connectivity index (χ3v) is 5.14. The van der Waals surface area contributed by atoms with Crippen molar-refractivity contribution in [1.29, 1.82) is 0 Å². The van der Waals surface area contributed by atoms with E-state index < -0.39 is 5.97 Å². The monoisotopic (exact) mass is 373 g/mol. The average molecular weight is 373 g/mol. The zero-order valence-corrected chi connectivity index (χ0v) is 15.2. The van der Waals surface area contributed by atoms with Crippen molar-refractivity contribution in [2.75, 3.05) is 6.61 Å². The van der Waals surface area contributed by atoms with Crippen molar-refractivity contribution in [3.63, 3.8) is 0 Å². The molecule has 0 saturated heterocycles. The Morgan fingerprint density at radius 2 is 1.93 bits per heavy atom. The summed E-state index contributed by atoms with van der Waals surface area (Å²) < 4.78 is 7.69. The number of carboxylic acid groups (broad SMARTS) is 1. The molecule has 4 aromatic rings. The minimum Gasteiger partial charge on any atom is -0.481 e. The standard InChI is InChI=1S/C22H19N3O3/c26-20(27)11-13-28-22-24-21-19(6-3-12-23-21)25(22)18-10-9-15(14-7-8-14)16-4-1-2-5-17(16)18/h1-6,9-10,12,14H,7-8,11,13H2,(H,26,27). The van der Waals surface area contributed by atoms with Crippen molar-refractivity contribution >= 4 is 27.9 Å². The van der Waals surface area contributed by atoms with E-state index >= 15 is 0 Å². The van der Waals surface area contributed by atoms with Crippen LogP contribution in [-0.4, -0.2) is 32.2 Å². The summed E-state index contributed by atoms with van der Waals surface area (Å²) in [5.74, 6) is -0.258. The molecule has 2 heterocycles. The zero-order chi connectivity index (χ0) is 19.1. The van der Waals surface area contributed by atoms with Crippen LogP contribution in [-0.2, 0) is 4.79 Å². The molecule has 28 heavy (non-hydrogen) atoms. The largest absolute Gasteiger partial charge is 0.481 e. The number of imidazole rings is 1. The lowest BCUT2D eigenvalue weighted by atomic mass is 9.99. The van der Waals surface area contributed by atoms with Crippen LogP contribution in [0.4, 0.5) is 0 Å². The Hall–Kier alpha value is -3.41. The normalized spacial score (nSPS) is 13.9. The molecule has 6 heteroatoms. The van der Waals surface area contributed by atoms with E-state index in [2.05, 4.69) is 40.3 Å². The molecule has 1 aliphatic carbocycles. The van der Waals surface area contributed by atoms with Crippen LogP contribution in [0.5, 0.6) is 6.01 Å². The first-order chi connectivity index (χ1) is 13.7. The highest BCUT2D eigenvalue weighted by atomic mass is 16.5. The quantitative estimate of drug-likeness (QED) is 0.545. The second-order valence-electron chi connectivity index (χ2n) is 7.06. The molecule has 1 saturated carbocycles. The first-order valence-corrected chi connectivity index (χ1v) is 9.42. The van der Waals surface area contributed by atoms with E-state index in [1.807, 2.05) is 22.8 Å². The Morgan fingerprint density at radius 3 is 2.71 bits per heavy atom. The van der Waals surface area contributed by atoms with Gasteiger partial charge in [0.2, 0.25) is 0 Å². The first-order valence-electron chi connectivity index (χ1n) is 9.42. The van der Waals surface area contributed by atoms with Crippen molar-refractivity contribution < 1.29 is 14.6 Å². The summed E-state index contributed by atoms with van der Waals surface area (Å²) in [7, 11) is 0. The van der Waals surface area contributed by atoms with Gasteiger partial charge in [-0.15, -0.1) is 0 Å². The first kappa shape index (κ1) is 16.7. The molecular formula is C22H19N3O3. The van der Waals surface area contributed by atoms with E-state index in [-0.39, 0.29) is 13.0 Å².